The molecule has 0 aromatic carbocycles. The van der Waals surface area contributed by atoms with E-state index in [1.165, 1.54) is 6.92 Å². The fraction of sp³-hybridized carbons (Fsp3) is 0.333. The van der Waals surface area contributed by atoms with Gasteiger partial charge in [0.1, 0.15) is 12.0 Å². The van der Waals surface area contributed by atoms with Gasteiger partial charge in [0.25, 0.3) is 0 Å². The van der Waals surface area contributed by atoms with E-state index >= 15 is 0 Å². The van der Waals surface area contributed by atoms with Crippen LogP contribution in [0, 0.1) is 0 Å². The van der Waals surface area contributed by atoms with Crippen LogP contribution in [-0.2, 0) is 14.6 Å². The molecule has 0 unspecified atom stereocenters. The second kappa shape index (κ2) is 2.70. The van der Waals surface area contributed by atoms with E-state index in [-0.39, 0.29) is 5.76 Å². The van der Waals surface area contributed by atoms with E-state index in [9.17, 15) is 8.42 Å². The molecule has 54 valence electrons. The summed E-state index contributed by atoms with van der Waals surface area (Å²) in [6, 6.07) is 0. The summed E-state index contributed by atoms with van der Waals surface area (Å²) in [6.07, 6.45) is 0.509. The molecule has 9 heavy (non-hydrogen) atoms. The summed E-state index contributed by atoms with van der Waals surface area (Å²) in [6.45, 7) is 1.20. The molecule has 5 nitrogen and oxygen atoms in total. The first-order valence-electron chi connectivity index (χ1n) is 1.93. The van der Waals surface area contributed by atoms with Crippen molar-refractivity contribution in [3.05, 3.63) is 12.0 Å². The van der Waals surface area contributed by atoms with E-state index in [1.54, 1.807) is 0 Å². The molecule has 2 N–H and O–H groups in total. The van der Waals surface area contributed by atoms with Gasteiger partial charge in [0, 0.05) is 0 Å². The highest BCUT2D eigenvalue weighted by Crippen LogP contribution is 1.90. The minimum Gasteiger partial charge on any atom is -0.509 e. The van der Waals surface area contributed by atoms with E-state index in [1.807, 2.05) is 0 Å². The van der Waals surface area contributed by atoms with Crippen molar-refractivity contribution in [2.45, 2.75) is 6.92 Å². The second-order valence-electron chi connectivity index (χ2n) is 1.28. The molecule has 0 saturated carbocycles. The van der Waals surface area contributed by atoms with Gasteiger partial charge in [0.2, 0.25) is 0 Å². The Morgan fingerprint density at radius 2 is 2.11 bits per heavy atom. The van der Waals surface area contributed by atoms with Crippen LogP contribution < -0.4 is 0 Å². The highest BCUT2D eigenvalue weighted by molar-refractivity contribution is 7.81. The van der Waals surface area contributed by atoms with Crippen molar-refractivity contribution in [1.82, 2.24) is 0 Å². The van der Waals surface area contributed by atoms with Crippen molar-refractivity contribution in [3.8, 4) is 0 Å². The Kier molecular flexibility index (Phi) is 2.47. The lowest BCUT2D eigenvalue weighted by molar-refractivity contribution is 0.328. The molecule has 0 atom stereocenters. The monoisotopic (exact) mass is 154 g/mol. The molecule has 0 saturated heterocycles. The molecular formula is C3H6O5S. The van der Waals surface area contributed by atoms with Crippen molar-refractivity contribution in [2.75, 3.05) is 0 Å². The first-order chi connectivity index (χ1) is 3.92. The van der Waals surface area contributed by atoms with Gasteiger partial charge in [-0.15, -0.1) is 0 Å². The number of hydrogen-bond acceptors (Lipinski definition) is 4. The number of allylic oxidation sites excluding steroid dienone is 1. The normalized spacial score (nSPS) is 13.3. The molecule has 0 heterocycles. The SMILES string of the molecule is CC(O)=COS(=O)(=O)O. The number of aliphatic hydroxyl groups is 1. The minimum absolute atomic E-state index is 0.340. The summed E-state index contributed by atoms with van der Waals surface area (Å²) in [7, 11) is -4.46. The third-order valence-corrected chi connectivity index (χ3v) is 0.680. The Balaban J connectivity index is 3.95. The second-order valence-corrected chi connectivity index (χ2v) is 2.33. The van der Waals surface area contributed by atoms with Crippen molar-refractivity contribution in [2.24, 2.45) is 0 Å². The topological polar surface area (TPSA) is 83.8 Å². The average Bonchev–Trinajstić information content (AvgIpc) is 1.59. The van der Waals surface area contributed by atoms with Gasteiger partial charge in [-0.05, 0) is 6.92 Å². The van der Waals surface area contributed by atoms with Gasteiger partial charge in [0.15, 0.2) is 0 Å². The van der Waals surface area contributed by atoms with E-state index in [0.29, 0.717) is 6.26 Å². The Morgan fingerprint density at radius 3 is 2.22 bits per heavy atom. The first-order valence-corrected chi connectivity index (χ1v) is 3.30. The van der Waals surface area contributed by atoms with E-state index < -0.39 is 10.4 Å². The average molecular weight is 154 g/mol. The fourth-order valence-corrected chi connectivity index (χ4v) is 0.391. The Labute approximate surface area is 52.5 Å². The third-order valence-electron chi connectivity index (χ3n) is 0.340. The standard InChI is InChI=1S/C3H6O5S/c1-3(4)2-8-9(5,6)7/h2,4H,1H3,(H,5,6,7). The van der Waals surface area contributed by atoms with Crippen LogP contribution >= 0.6 is 0 Å². The summed E-state index contributed by atoms with van der Waals surface area (Å²) in [5.74, 6) is -0.340. The number of rotatable bonds is 2. The predicted molar refractivity (Wildman–Crippen MR) is 29.0 cm³/mol. The molecule has 0 bridgehead atoms. The maximum atomic E-state index is 9.71. The molecule has 0 fully saturated rings. The lowest BCUT2D eigenvalue weighted by Crippen LogP contribution is -1.97. The molecular weight excluding hydrogens is 148 g/mol. The highest BCUT2D eigenvalue weighted by atomic mass is 32.3. The fourth-order valence-electron chi connectivity index (χ4n) is 0.130. The maximum Gasteiger partial charge on any atom is 0.446 e. The smallest absolute Gasteiger partial charge is 0.446 e. The number of aliphatic hydroxyl groups excluding tert-OH is 1. The maximum absolute atomic E-state index is 9.71. The van der Waals surface area contributed by atoms with E-state index in [0.717, 1.165) is 0 Å². The number of hydrogen-bond donors (Lipinski definition) is 2. The molecule has 0 aromatic heterocycles. The van der Waals surface area contributed by atoms with Crippen LogP contribution in [0.25, 0.3) is 0 Å². The Bertz CT molecular complexity index is 196. The van der Waals surface area contributed by atoms with Crippen molar-refractivity contribution in [1.29, 1.82) is 0 Å². The molecule has 6 heteroatoms. The van der Waals surface area contributed by atoms with Gasteiger partial charge < -0.3 is 9.29 Å². The Morgan fingerprint density at radius 1 is 1.67 bits per heavy atom. The van der Waals surface area contributed by atoms with E-state index in [2.05, 4.69) is 4.18 Å². The van der Waals surface area contributed by atoms with Gasteiger partial charge >= 0.3 is 10.4 Å². The lowest BCUT2D eigenvalue weighted by Gasteiger charge is -1.91. The predicted octanol–water partition coefficient (Wildman–Crippen LogP) is 0.225. The largest absolute Gasteiger partial charge is 0.509 e. The zero-order valence-electron chi connectivity index (χ0n) is 4.60. The summed E-state index contributed by atoms with van der Waals surface area (Å²) in [4.78, 5) is 0. The molecule has 0 spiro atoms. The minimum atomic E-state index is -4.46. The summed E-state index contributed by atoms with van der Waals surface area (Å²) in [5, 5.41) is 8.28. The highest BCUT2D eigenvalue weighted by Gasteiger charge is 1.99. The van der Waals surface area contributed by atoms with Crippen molar-refractivity contribution in [3.63, 3.8) is 0 Å². The first kappa shape index (κ1) is 8.25. The van der Waals surface area contributed by atoms with Gasteiger partial charge in [-0.2, -0.15) is 8.42 Å². The van der Waals surface area contributed by atoms with Crippen molar-refractivity contribution >= 4 is 10.4 Å². The van der Waals surface area contributed by atoms with Crippen LogP contribution in [0.5, 0.6) is 0 Å². The molecule has 0 amide bonds. The molecule has 0 aromatic rings. The molecule has 0 radical (unpaired) electrons. The Hall–Kier alpha value is -0.750. The lowest BCUT2D eigenvalue weighted by atomic mass is 10.7. The van der Waals surface area contributed by atoms with Crippen LogP contribution in [0.1, 0.15) is 6.92 Å². The van der Waals surface area contributed by atoms with Gasteiger partial charge in [0.05, 0.1) is 0 Å². The van der Waals surface area contributed by atoms with Crippen LogP contribution in [0.15, 0.2) is 12.0 Å². The van der Waals surface area contributed by atoms with Crippen LogP contribution in [0.2, 0.25) is 0 Å². The quantitative estimate of drug-likeness (QED) is 0.439. The molecule has 0 aliphatic heterocycles. The van der Waals surface area contributed by atoms with E-state index in [4.69, 9.17) is 9.66 Å². The van der Waals surface area contributed by atoms with Gasteiger partial charge in [-0.25, -0.2) is 0 Å². The zero-order valence-corrected chi connectivity index (χ0v) is 5.42. The zero-order chi connectivity index (χ0) is 7.49. The van der Waals surface area contributed by atoms with Gasteiger partial charge in [-0.3, -0.25) is 4.55 Å². The summed E-state index contributed by atoms with van der Waals surface area (Å²) < 4.78 is 30.9. The van der Waals surface area contributed by atoms with Crippen molar-refractivity contribution < 1.29 is 22.3 Å². The van der Waals surface area contributed by atoms with Crippen LogP contribution in [0.4, 0.5) is 0 Å². The molecule has 0 rings (SSSR count). The van der Waals surface area contributed by atoms with Crippen LogP contribution in [0.3, 0.4) is 0 Å². The molecule has 0 aliphatic rings. The van der Waals surface area contributed by atoms with Crippen LogP contribution in [-0.4, -0.2) is 18.1 Å². The van der Waals surface area contributed by atoms with Gasteiger partial charge in [-0.1, -0.05) is 0 Å². The summed E-state index contributed by atoms with van der Waals surface area (Å²) >= 11 is 0. The molecule has 0 aliphatic carbocycles. The third kappa shape index (κ3) is 7.25. The summed E-state index contributed by atoms with van der Waals surface area (Å²) in [5.41, 5.74) is 0.